The molecule has 4 aromatic rings. The van der Waals surface area contributed by atoms with Crippen LogP contribution in [0.2, 0.25) is 0 Å². The topological polar surface area (TPSA) is 63.9 Å². The molecule has 2 heterocycles. The molecule has 166 valence electrons. The third kappa shape index (κ3) is 4.41. The maximum atomic E-state index is 13.2. The molecule has 2 aromatic heterocycles. The van der Waals surface area contributed by atoms with Crippen molar-refractivity contribution in [2.75, 3.05) is 12.8 Å². The molecule has 0 saturated heterocycles. The second-order valence-electron chi connectivity index (χ2n) is 8.12. The molecule has 1 aliphatic carbocycles. The van der Waals surface area contributed by atoms with Gasteiger partial charge < -0.3 is 4.90 Å². The molecule has 1 atom stereocenters. The van der Waals surface area contributed by atoms with Crippen LogP contribution in [0.1, 0.15) is 30.0 Å². The van der Waals surface area contributed by atoms with E-state index in [2.05, 4.69) is 39.4 Å². The fraction of sp³-hybridized carbons (Fsp3) is 0.231. The summed E-state index contributed by atoms with van der Waals surface area (Å²) < 4.78 is 1.99. The minimum absolute atomic E-state index is 0.0900. The Morgan fingerprint density at radius 2 is 1.88 bits per heavy atom. The number of para-hydroxylation sites is 1. The molecule has 0 radical (unpaired) electrons. The van der Waals surface area contributed by atoms with Crippen molar-refractivity contribution in [3.05, 3.63) is 90.3 Å². The Kier molecular flexibility index (Phi) is 6.21. The van der Waals surface area contributed by atoms with Gasteiger partial charge in [0.15, 0.2) is 11.0 Å². The number of aromatic nitrogens is 4. The van der Waals surface area contributed by atoms with E-state index in [4.69, 9.17) is 0 Å². The van der Waals surface area contributed by atoms with Gasteiger partial charge in [-0.15, -0.1) is 10.2 Å². The monoisotopic (exact) mass is 455 g/mol. The van der Waals surface area contributed by atoms with Gasteiger partial charge in [0.25, 0.3) is 0 Å². The van der Waals surface area contributed by atoms with Gasteiger partial charge in [-0.25, -0.2) is 0 Å². The molecule has 0 aliphatic heterocycles. The zero-order chi connectivity index (χ0) is 22.6. The van der Waals surface area contributed by atoms with E-state index in [-0.39, 0.29) is 11.9 Å². The molecule has 1 amide bonds. The van der Waals surface area contributed by atoms with Crippen LogP contribution in [-0.2, 0) is 11.2 Å². The number of rotatable bonds is 6. The predicted octanol–water partition coefficient (Wildman–Crippen LogP) is 4.96. The fourth-order valence-electron chi connectivity index (χ4n) is 4.39. The normalized spacial score (nSPS) is 15.1. The predicted molar refractivity (Wildman–Crippen MR) is 130 cm³/mol. The summed E-state index contributed by atoms with van der Waals surface area (Å²) in [6, 6.07) is 22.4. The number of nitrogens with zero attached hydrogens (tertiary/aromatic N) is 5. The molecule has 0 spiro atoms. The fourth-order valence-corrected chi connectivity index (χ4v) is 5.26. The molecule has 0 N–H and O–H groups in total. The van der Waals surface area contributed by atoms with Crippen LogP contribution >= 0.6 is 11.8 Å². The molecular weight excluding hydrogens is 430 g/mol. The Bertz CT molecular complexity index is 1240. The molecule has 0 unspecified atom stereocenters. The van der Waals surface area contributed by atoms with E-state index in [1.807, 2.05) is 59.0 Å². The standard InChI is InChI=1S/C26H25N5OS/c1-30(23-15-7-10-19-9-5-6-14-22(19)23)24(32)18-33-26-29-28-25(20-11-8-16-27-17-20)31(26)21-12-3-2-4-13-21/h2-6,8-9,11-14,16-17,23H,7,10,15,18H2,1H3/t23-/m1/s1. The number of thioether (sulfide) groups is 1. The van der Waals surface area contributed by atoms with Crippen molar-refractivity contribution < 1.29 is 4.79 Å². The Labute approximate surface area is 197 Å². The molecule has 33 heavy (non-hydrogen) atoms. The summed E-state index contributed by atoms with van der Waals surface area (Å²) in [5, 5.41) is 9.54. The van der Waals surface area contributed by atoms with Crippen molar-refractivity contribution in [2.45, 2.75) is 30.5 Å². The Morgan fingerprint density at radius 3 is 2.70 bits per heavy atom. The smallest absolute Gasteiger partial charge is 0.233 e. The Hall–Kier alpha value is -3.45. The number of carbonyl (C=O) groups is 1. The molecule has 6 nitrogen and oxygen atoms in total. The van der Waals surface area contributed by atoms with Crippen LogP contribution in [0, 0.1) is 0 Å². The van der Waals surface area contributed by atoms with Gasteiger partial charge in [-0.3, -0.25) is 14.3 Å². The van der Waals surface area contributed by atoms with E-state index in [1.54, 1.807) is 12.4 Å². The Balaban J connectivity index is 1.38. The van der Waals surface area contributed by atoms with E-state index in [0.717, 1.165) is 30.5 Å². The highest BCUT2D eigenvalue weighted by atomic mass is 32.2. The van der Waals surface area contributed by atoms with Gasteiger partial charge in [-0.2, -0.15) is 0 Å². The summed E-state index contributed by atoms with van der Waals surface area (Å²) in [5.41, 5.74) is 4.45. The van der Waals surface area contributed by atoms with Gasteiger partial charge >= 0.3 is 0 Å². The van der Waals surface area contributed by atoms with Gasteiger partial charge in [0.2, 0.25) is 5.91 Å². The van der Waals surface area contributed by atoms with Crippen molar-refractivity contribution >= 4 is 17.7 Å². The van der Waals surface area contributed by atoms with Crippen LogP contribution in [0.5, 0.6) is 0 Å². The van der Waals surface area contributed by atoms with Crippen LogP contribution in [-0.4, -0.2) is 43.4 Å². The first-order chi connectivity index (χ1) is 16.2. The largest absolute Gasteiger partial charge is 0.338 e. The zero-order valence-electron chi connectivity index (χ0n) is 18.5. The summed E-state index contributed by atoms with van der Waals surface area (Å²) >= 11 is 1.42. The maximum absolute atomic E-state index is 13.2. The van der Waals surface area contributed by atoms with Crippen molar-refractivity contribution in [3.63, 3.8) is 0 Å². The van der Waals surface area contributed by atoms with Gasteiger partial charge in [0.05, 0.1) is 11.8 Å². The molecule has 1 aliphatic rings. The molecular formula is C26H25N5OS. The highest BCUT2D eigenvalue weighted by Crippen LogP contribution is 2.34. The highest BCUT2D eigenvalue weighted by molar-refractivity contribution is 7.99. The minimum atomic E-state index is 0.0900. The molecule has 0 bridgehead atoms. The van der Waals surface area contributed by atoms with Crippen molar-refractivity contribution in [2.24, 2.45) is 0 Å². The third-order valence-corrected chi connectivity index (χ3v) is 7.00. The van der Waals surface area contributed by atoms with Crippen molar-refractivity contribution in [3.8, 4) is 17.1 Å². The van der Waals surface area contributed by atoms with Gasteiger partial charge in [0, 0.05) is 30.7 Å². The van der Waals surface area contributed by atoms with Gasteiger partial charge in [0.1, 0.15) is 0 Å². The SMILES string of the molecule is CN(C(=O)CSc1nnc(-c2cccnc2)n1-c1ccccc1)[C@@H]1CCCc2ccccc21. The summed E-state index contributed by atoms with van der Waals surface area (Å²) in [7, 11) is 1.92. The lowest BCUT2D eigenvalue weighted by Crippen LogP contribution is -2.34. The molecule has 5 rings (SSSR count). The zero-order valence-corrected chi connectivity index (χ0v) is 19.3. The third-order valence-electron chi connectivity index (χ3n) is 6.09. The average Bonchev–Trinajstić information content (AvgIpc) is 3.31. The summed E-state index contributed by atoms with van der Waals surface area (Å²) in [5.74, 6) is 1.10. The van der Waals surface area contributed by atoms with Gasteiger partial charge in [-0.05, 0) is 54.7 Å². The minimum Gasteiger partial charge on any atom is -0.338 e. The number of amides is 1. The van der Waals surface area contributed by atoms with Crippen LogP contribution in [0.15, 0.2) is 84.3 Å². The number of hydrogen-bond acceptors (Lipinski definition) is 5. The summed E-state index contributed by atoms with van der Waals surface area (Å²) in [6.07, 6.45) is 6.69. The molecule has 2 aromatic carbocycles. The lowest BCUT2D eigenvalue weighted by atomic mass is 9.87. The van der Waals surface area contributed by atoms with E-state index in [1.165, 1.54) is 22.9 Å². The second-order valence-corrected chi connectivity index (χ2v) is 9.06. The van der Waals surface area contributed by atoms with E-state index >= 15 is 0 Å². The highest BCUT2D eigenvalue weighted by Gasteiger charge is 2.27. The lowest BCUT2D eigenvalue weighted by molar-refractivity contribution is -0.129. The number of aryl methyl sites for hydroxylation is 1. The molecule has 7 heteroatoms. The van der Waals surface area contributed by atoms with Crippen molar-refractivity contribution in [1.29, 1.82) is 0 Å². The number of pyridine rings is 1. The van der Waals surface area contributed by atoms with Crippen LogP contribution < -0.4 is 0 Å². The summed E-state index contributed by atoms with van der Waals surface area (Å²) in [4.78, 5) is 19.3. The average molecular weight is 456 g/mol. The maximum Gasteiger partial charge on any atom is 0.233 e. The van der Waals surface area contributed by atoms with E-state index in [9.17, 15) is 4.79 Å². The lowest BCUT2D eigenvalue weighted by Gasteiger charge is -2.33. The molecule has 0 fully saturated rings. The van der Waals surface area contributed by atoms with Crippen LogP contribution in [0.3, 0.4) is 0 Å². The van der Waals surface area contributed by atoms with Crippen LogP contribution in [0.4, 0.5) is 0 Å². The Morgan fingerprint density at radius 1 is 1.06 bits per heavy atom. The van der Waals surface area contributed by atoms with Gasteiger partial charge in [-0.1, -0.05) is 54.2 Å². The summed E-state index contributed by atoms with van der Waals surface area (Å²) in [6.45, 7) is 0. The first-order valence-electron chi connectivity index (χ1n) is 11.1. The first-order valence-corrected chi connectivity index (χ1v) is 12.1. The van der Waals surface area contributed by atoms with E-state index < -0.39 is 0 Å². The van der Waals surface area contributed by atoms with Crippen molar-refractivity contribution in [1.82, 2.24) is 24.6 Å². The van der Waals surface area contributed by atoms with Crippen LogP contribution in [0.25, 0.3) is 17.1 Å². The molecule has 0 saturated carbocycles. The quantitative estimate of drug-likeness (QED) is 0.385. The first kappa shape index (κ1) is 21.4. The second kappa shape index (κ2) is 9.58. The number of fused-ring (bicyclic) bond motifs is 1. The number of hydrogen-bond donors (Lipinski definition) is 0. The number of benzene rings is 2. The number of carbonyl (C=O) groups excluding carboxylic acids is 1. The van der Waals surface area contributed by atoms with E-state index in [0.29, 0.717) is 16.7 Å².